The predicted molar refractivity (Wildman–Crippen MR) is 128 cm³/mol. The number of carbonyl (C=O) groups is 3. The van der Waals surface area contributed by atoms with Crippen LogP contribution in [0.25, 0.3) is 0 Å². The lowest BCUT2D eigenvalue weighted by molar-refractivity contribution is -0.139. The molecule has 3 amide bonds. The van der Waals surface area contributed by atoms with E-state index >= 15 is 0 Å². The van der Waals surface area contributed by atoms with Gasteiger partial charge in [0.25, 0.3) is 0 Å². The van der Waals surface area contributed by atoms with E-state index in [-0.39, 0.29) is 23.8 Å². The molecule has 33 heavy (non-hydrogen) atoms. The fourth-order valence-corrected chi connectivity index (χ4v) is 4.33. The molecule has 2 fully saturated rings. The largest absolute Gasteiger partial charge is 0.444 e. The van der Waals surface area contributed by atoms with E-state index < -0.39 is 5.60 Å². The number of rotatable bonds is 4. The molecule has 1 unspecified atom stereocenters. The summed E-state index contributed by atoms with van der Waals surface area (Å²) in [6, 6.07) is 5.89. The molecule has 1 atom stereocenters. The molecule has 2 aliphatic heterocycles. The van der Waals surface area contributed by atoms with Crippen molar-refractivity contribution in [3.8, 4) is 0 Å². The second kappa shape index (κ2) is 10.5. The number of benzene rings is 1. The van der Waals surface area contributed by atoms with Crippen molar-refractivity contribution >= 4 is 23.6 Å². The molecule has 0 radical (unpaired) electrons. The summed E-state index contributed by atoms with van der Waals surface area (Å²) in [6.07, 6.45) is 1.24. The van der Waals surface area contributed by atoms with Gasteiger partial charge in [-0.2, -0.15) is 0 Å². The van der Waals surface area contributed by atoms with Crippen LogP contribution < -0.4 is 5.32 Å². The number of piperazine rings is 1. The van der Waals surface area contributed by atoms with Gasteiger partial charge in [-0.05, 0) is 64.7 Å². The Bertz CT molecular complexity index is 872. The summed E-state index contributed by atoms with van der Waals surface area (Å²) in [5.74, 6) is -0.128. The van der Waals surface area contributed by atoms with Crippen LogP contribution in [-0.2, 0) is 14.3 Å². The first-order valence-corrected chi connectivity index (χ1v) is 11.9. The van der Waals surface area contributed by atoms with Gasteiger partial charge in [-0.1, -0.05) is 12.1 Å². The van der Waals surface area contributed by atoms with Gasteiger partial charge in [-0.25, -0.2) is 4.79 Å². The van der Waals surface area contributed by atoms with Gasteiger partial charge in [-0.3, -0.25) is 14.5 Å². The lowest BCUT2D eigenvalue weighted by atomic mass is 9.96. The Morgan fingerprint density at radius 1 is 1.03 bits per heavy atom. The summed E-state index contributed by atoms with van der Waals surface area (Å²) in [5.41, 5.74) is 2.53. The number of carbonyl (C=O) groups excluding carboxylic acids is 3. The van der Waals surface area contributed by atoms with Crippen LogP contribution in [0.2, 0.25) is 0 Å². The van der Waals surface area contributed by atoms with Gasteiger partial charge in [0.15, 0.2) is 0 Å². The molecule has 2 aliphatic rings. The molecular formula is C25H38N4O4. The van der Waals surface area contributed by atoms with Crippen molar-refractivity contribution in [2.24, 2.45) is 5.92 Å². The van der Waals surface area contributed by atoms with Gasteiger partial charge in [0.1, 0.15) is 5.60 Å². The normalized spacial score (nSPS) is 19.8. The maximum Gasteiger partial charge on any atom is 0.410 e. The molecule has 0 saturated carbocycles. The molecule has 8 nitrogen and oxygen atoms in total. The van der Waals surface area contributed by atoms with Crippen molar-refractivity contribution in [2.75, 3.05) is 51.1 Å². The van der Waals surface area contributed by atoms with Gasteiger partial charge in [0, 0.05) is 45.0 Å². The quantitative estimate of drug-likeness (QED) is 0.750. The van der Waals surface area contributed by atoms with Crippen LogP contribution in [0.3, 0.4) is 0 Å². The van der Waals surface area contributed by atoms with Crippen LogP contribution in [0.5, 0.6) is 0 Å². The van der Waals surface area contributed by atoms with Crippen molar-refractivity contribution in [3.05, 3.63) is 29.3 Å². The van der Waals surface area contributed by atoms with Crippen molar-refractivity contribution in [1.82, 2.24) is 14.7 Å². The summed E-state index contributed by atoms with van der Waals surface area (Å²) in [6.45, 7) is 13.4. The van der Waals surface area contributed by atoms with Gasteiger partial charge < -0.3 is 19.9 Å². The molecule has 1 aromatic carbocycles. The highest BCUT2D eigenvalue weighted by Gasteiger charge is 2.34. The number of aryl methyl sites for hydroxylation is 1. The monoisotopic (exact) mass is 458 g/mol. The summed E-state index contributed by atoms with van der Waals surface area (Å²) in [4.78, 5) is 43.6. The van der Waals surface area contributed by atoms with Crippen LogP contribution in [-0.4, -0.2) is 84.0 Å². The van der Waals surface area contributed by atoms with Gasteiger partial charge in [0.05, 0.1) is 12.5 Å². The summed E-state index contributed by atoms with van der Waals surface area (Å²) in [5, 5.41) is 3.01. The van der Waals surface area contributed by atoms with Gasteiger partial charge in [0.2, 0.25) is 11.8 Å². The number of piperidine rings is 1. The first kappa shape index (κ1) is 25.0. The number of nitrogens with one attached hydrogen (secondary N) is 1. The first-order chi connectivity index (χ1) is 15.5. The Labute approximate surface area is 197 Å². The van der Waals surface area contributed by atoms with E-state index in [9.17, 15) is 14.4 Å². The SMILES string of the molecule is Cc1cccc(NC(=O)CN2CCN(C(=O)C3CCCN(C(=O)OC(C)(C)C)C3)CC2)c1C. The number of anilines is 1. The minimum absolute atomic E-state index is 0.0382. The third-order valence-corrected chi connectivity index (χ3v) is 6.35. The van der Waals surface area contributed by atoms with Gasteiger partial charge in [-0.15, -0.1) is 0 Å². The first-order valence-electron chi connectivity index (χ1n) is 11.9. The number of likely N-dealkylation sites (tertiary alicyclic amines) is 1. The number of hydrogen-bond donors (Lipinski definition) is 1. The molecule has 1 N–H and O–H groups in total. The minimum atomic E-state index is -0.547. The van der Waals surface area contributed by atoms with E-state index in [0.717, 1.165) is 29.7 Å². The highest BCUT2D eigenvalue weighted by Crippen LogP contribution is 2.22. The third kappa shape index (κ3) is 6.93. The lowest BCUT2D eigenvalue weighted by Crippen LogP contribution is -2.54. The van der Waals surface area contributed by atoms with E-state index in [0.29, 0.717) is 45.8 Å². The molecule has 182 valence electrons. The standard InChI is InChI=1S/C25H38N4O4/c1-18-8-6-10-21(19(18)2)26-22(30)17-27-12-14-28(15-13-27)23(31)20-9-7-11-29(16-20)24(32)33-25(3,4)5/h6,8,10,20H,7,9,11-17H2,1-5H3,(H,26,30). The van der Waals surface area contributed by atoms with E-state index in [2.05, 4.69) is 10.2 Å². The summed E-state index contributed by atoms with van der Waals surface area (Å²) in [7, 11) is 0. The molecule has 2 heterocycles. The molecule has 2 saturated heterocycles. The fraction of sp³-hybridized carbons (Fsp3) is 0.640. The van der Waals surface area contributed by atoms with Crippen LogP contribution in [0, 0.1) is 19.8 Å². The zero-order valence-corrected chi connectivity index (χ0v) is 20.6. The second-order valence-electron chi connectivity index (χ2n) is 10.2. The molecule has 0 aliphatic carbocycles. The zero-order valence-electron chi connectivity index (χ0n) is 20.6. The minimum Gasteiger partial charge on any atom is -0.444 e. The van der Waals surface area contributed by atoms with Crippen molar-refractivity contribution in [3.63, 3.8) is 0 Å². The average Bonchev–Trinajstić information content (AvgIpc) is 2.76. The van der Waals surface area contributed by atoms with Crippen molar-refractivity contribution < 1.29 is 19.1 Å². The van der Waals surface area contributed by atoms with E-state index in [1.165, 1.54) is 0 Å². The number of nitrogens with zero attached hydrogens (tertiary/aromatic N) is 3. The van der Waals surface area contributed by atoms with Crippen LogP contribution >= 0.6 is 0 Å². The third-order valence-electron chi connectivity index (χ3n) is 6.35. The molecule has 1 aromatic rings. The van der Waals surface area contributed by atoms with Crippen molar-refractivity contribution in [2.45, 2.75) is 53.1 Å². The topological polar surface area (TPSA) is 82.2 Å². The van der Waals surface area contributed by atoms with Crippen molar-refractivity contribution in [1.29, 1.82) is 0 Å². The molecular weight excluding hydrogens is 420 g/mol. The van der Waals surface area contributed by atoms with E-state index in [4.69, 9.17) is 4.74 Å². The maximum absolute atomic E-state index is 13.1. The molecule has 3 rings (SSSR count). The summed E-state index contributed by atoms with van der Waals surface area (Å²) >= 11 is 0. The fourth-order valence-electron chi connectivity index (χ4n) is 4.33. The molecule has 0 aromatic heterocycles. The highest BCUT2D eigenvalue weighted by atomic mass is 16.6. The van der Waals surface area contributed by atoms with Crippen LogP contribution in [0.4, 0.5) is 10.5 Å². The molecule has 0 spiro atoms. The Balaban J connectivity index is 1.46. The van der Waals surface area contributed by atoms with Gasteiger partial charge >= 0.3 is 6.09 Å². The number of amides is 3. The smallest absolute Gasteiger partial charge is 0.410 e. The average molecular weight is 459 g/mol. The zero-order chi connectivity index (χ0) is 24.2. The Kier molecular flexibility index (Phi) is 8.00. The molecule has 0 bridgehead atoms. The second-order valence-corrected chi connectivity index (χ2v) is 10.2. The lowest BCUT2D eigenvalue weighted by Gasteiger charge is -2.39. The maximum atomic E-state index is 13.1. The predicted octanol–water partition coefficient (Wildman–Crippen LogP) is 3.03. The Morgan fingerprint density at radius 2 is 1.73 bits per heavy atom. The van der Waals surface area contributed by atoms with E-state index in [1.807, 2.05) is 57.7 Å². The molecule has 8 heteroatoms. The van der Waals surface area contributed by atoms with Crippen LogP contribution in [0.1, 0.15) is 44.7 Å². The Morgan fingerprint density at radius 3 is 2.39 bits per heavy atom. The Hall–Kier alpha value is -2.61. The highest BCUT2D eigenvalue weighted by molar-refractivity contribution is 5.93. The van der Waals surface area contributed by atoms with E-state index in [1.54, 1.807) is 4.90 Å². The summed E-state index contributed by atoms with van der Waals surface area (Å²) < 4.78 is 5.48. The number of ether oxygens (including phenoxy) is 1. The van der Waals surface area contributed by atoms with Crippen LogP contribution in [0.15, 0.2) is 18.2 Å². The number of hydrogen-bond acceptors (Lipinski definition) is 5.